The lowest BCUT2D eigenvalue weighted by Gasteiger charge is -2.38. The van der Waals surface area contributed by atoms with Crippen molar-refractivity contribution in [2.45, 2.75) is 24.8 Å². The van der Waals surface area contributed by atoms with Gasteiger partial charge in [-0.15, -0.1) is 0 Å². The van der Waals surface area contributed by atoms with Crippen molar-refractivity contribution in [1.82, 2.24) is 14.6 Å². The van der Waals surface area contributed by atoms with Gasteiger partial charge in [0.05, 0.1) is 18.3 Å². The van der Waals surface area contributed by atoms with Gasteiger partial charge in [-0.2, -0.15) is 5.10 Å². The Bertz CT molecular complexity index is 1610. The largest absolute Gasteiger partial charge is 0.466 e. The second kappa shape index (κ2) is 8.73. The predicted octanol–water partition coefficient (Wildman–Crippen LogP) is 5.74. The third kappa shape index (κ3) is 3.85. The fourth-order valence-electron chi connectivity index (χ4n) is 4.85. The Labute approximate surface area is 209 Å². The number of esters is 1. The SMILES string of the molecule is COC(=O)/C=C/c1ccc2nn3cc(-c4ccccc4)c(-c4ccc(C5(N)CCC5)cc4)nc3c2c1. The number of ether oxygens (including phenoxy) is 1. The number of aromatic nitrogens is 3. The van der Waals surface area contributed by atoms with Gasteiger partial charge in [-0.05, 0) is 54.2 Å². The molecule has 1 fully saturated rings. The summed E-state index contributed by atoms with van der Waals surface area (Å²) < 4.78 is 6.55. The molecule has 3 aromatic carbocycles. The van der Waals surface area contributed by atoms with E-state index in [1.54, 1.807) is 6.08 Å². The number of fused-ring (bicyclic) bond motifs is 3. The Kier molecular flexibility index (Phi) is 5.38. The molecule has 0 saturated heterocycles. The highest BCUT2D eigenvalue weighted by Crippen LogP contribution is 2.40. The van der Waals surface area contributed by atoms with Gasteiger partial charge in [0.25, 0.3) is 0 Å². The molecule has 0 radical (unpaired) electrons. The van der Waals surface area contributed by atoms with Crippen LogP contribution >= 0.6 is 0 Å². The van der Waals surface area contributed by atoms with Crippen LogP contribution in [0.5, 0.6) is 0 Å². The first-order chi connectivity index (χ1) is 17.5. The summed E-state index contributed by atoms with van der Waals surface area (Å²) in [5.41, 5.74) is 14.0. The quantitative estimate of drug-likeness (QED) is 0.259. The van der Waals surface area contributed by atoms with E-state index < -0.39 is 5.97 Å². The van der Waals surface area contributed by atoms with E-state index >= 15 is 0 Å². The fourth-order valence-corrected chi connectivity index (χ4v) is 4.85. The van der Waals surface area contributed by atoms with Gasteiger partial charge in [0.15, 0.2) is 5.65 Å². The first kappa shape index (κ1) is 22.2. The van der Waals surface area contributed by atoms with Crippen molar-refractivity contribution >= 4 is 28.6 Å². The van der Waals surface area contributed by atoms with Crippen molar-refractivity contribution in [3.05, 3.63) is 96.2 Å². The molecule has 1 aliphatic carbocycles. The van der Waals surface area contributed by atoms with Gasteiger partial charge in [0.1, 0.15) is 0 Å². The van der Waals surface area contributed by atoms with Crippen molar-refractivity contribution in [3.63, 3.8) is 0 Å². The molecule has 2 N–H and O–H groups in total. The second-order valence-corrected chi connectivity index (χ2v) is 9.36. The highest BCUT2D eigenvalue weighted by atomic mass is 16.5. The van der Waals surface area contributed by atoms with E-state index in [0.717, 1.165) is 57.3 Å². The molecule has 178 valence electrons. The maximum atomic E-state index is 11.5. The summed E-state index contributed by atoms with van der Waals surface area (Å²) in [5, 5.41) is 5.69. The summed E-state index contributed by atoms with van der Waals surface area (Å²) in [7, 11) is 1.36. The Balaban J connectivity index is 1.52. The molecular formula is C30H26N4O2. The lowest BCUT2D eigenvalue weighted by molar-refractivity contribution is -0.134. The van der Waals surface area contributed by atoms with E-state index in [4.69, 9.17) is 20.6 Å². The first-order valence-electron chi connectivity index (χ1n) is 12.1. The van der Waals surface area contributed by atoms with Gasteiger partial charge in [0, 0.05) is 34.3 Å². The first-order valence-corrected chi connectivity index (χ1v) is 12.1. The van der Waals surface area contributed by atoms with Crippen LogP contribution in [0.4, 0.5) is 0 Å². The number of nitrogens with zero attached hydrogens (tertiary/aromatic N) is 3. The van der Waals surface area contributed by atoms with Crippen LogP contribution < -0.4 is 5.73 Å². The maximum Gasteiger partial charge on any atom is 0.330 e. The minimum absolute atomic E-state index is 0.200. The molecule has 0 unspecified atom stereocenters. The van der Waals surface area contributed by atoms with Gasteiger partial charge < -0.3 is 10.5 Å². The summed E-state index contributed by atoms with van der Waals surface area (Å²) >= 11 is 0. The van der Waals surface area contributed by atoms with Crippen LogP contribution in [0.2, 0.25) is 0 Å². The lowest BCUT2D eigenvalue weighted by atomic mass is 9.72. The molecule has 0 spiro atoms. The molecule has 5 aromatic rings. The molecule has 6 nitrogen and oxygen atoms in total. The number of hydrogen-bond donors (Lipinski definition) is 1. The Morgan fingerprint density at radius 2 is 1.81 bits per heavy atom. The lowest BCUT2D eigenvalue weighted by Crippen LogP contribution is -2.43. The molecule has 0 amide bonds. The van der Waals surface area contributed by atoms with E-state index in [-0.39, 0.29) is 5.54 Å². The number of benzene rings is 3. The second-order valence-electron chi connectivity index (χ2n) is 9.36. The zero-order chi connectivity index (χ0) is 24.7. The van der Waals surface area contributed by atoms with E-state index in [2.05, 4.69) is 36.4 Å². The monoisotopic (exact) mass is 474 g/mol. The van der Waals surface area contributed by atoms with Crippen molar-refractivity contribution in [2.24, 2.45) is 5.73 Å². The number of methoxy groups -OCH3 is 1. The molecule has 36 heavy (non-hydrogen) atoms. The van der Waals surface area contributed by atoms with Crippen molar-refractivity contribution in [1.29, 1.82) is 0 Å². The summed E-state index contributed by atoms with van der Waals surface area (Å²) in [6.45, 7) is 0. The molecule has 6 rings (SSSR count). The van der Waals surface area contributed by atoms with Crippen LogP contribution in [0.3, 0.4) is 0 Å². The zero-order valence-corrected chi connectivity index (χ0v) is 20.0. The highest BCUT2D eigenvalue weighted by Gasteiger charge is 2.34. The van der Waals surface area contributed by atoms with Crippen molar-refractivity contribution in [2.75, 3.05) is 7.11 Å². The molecule has 2 heterocycles. The third-order valence-corrected chi connectivity index (χ3v) is 7.10. The van der Waals surface area contributed by atoms with Gasteiger partial charge in [-0.25, -0.2) is 14.3 Å². The van der Waals surface area contributed by atoms with Crippen LogP contribution in [-0.2, 0) is 15.1 Å². The number of hydrogen-bond acceptors (Lipinski definition) is 5. The average molecular weight is 475 g/mol. The summed E-state index contributed by atoms with van der Waals surface area (Å²) in [6.07, 6.45) is 8.42. The summed E-state index contributed by atoms with van der Waals surface area (Å²) in [4.78, 5) is 16.7. The predicted molar refractivity (Wildman–Crippen MR) is 142 cm³/mol. The Morgan fingerprint density at radius 1 is 1.03 bits per heavy atom. The third-order valence-electron chi connectivity index (χ3n) is 7.10. The highest BCUT2D eigenvalue weighted by molar-refractivity contribution is 5.96. The molecular weight excluding hydrogens is 448 g/mol. The molecule has 0 bridgehead atoms. The fraction of sp³-hybridized carbons (Fsp3) is 0.167. The zero-order valence-electron chi connectivity index (χ0n) is 20.0. The molecule has 1 saturated carbocycles. The van der Waals surface area contributed by atoms with Crippen LogP contribution in [0.25, 0.3) is 45.0 Å². The van der Waals surface area contributed by atoms with E-state index in [9.17, 15) is 4.79 Å². The Hall–Kier alpha value is -4.29. The van der Waals surface area contributed by atoms with Crippen LogP contribution in [0.1, 0.15) is 30.4 Å². The van der Waals surface area contributed by atoms with E-state index in [0.29, 0.717) is 0 Å². The maximum absolute atomic E-state index is 11.5. The standard InChI is InChI=1S/C30H26N4O2/c1-36-27(35)15-9-20-8-14-26-24(18-20)29-32-28(22-10-12-23(13-11-22)30(31)16-5-17-30)25(19-34(29)33-26)21-6-3-2-4-7-21/h2-4,6-15,18-19H,5,16-17,31H2,1H3/b15-9+. The number of rotatable bonds is 5. The molecule has 2 aromatic heterocycles. The van der Waals surface area contributed by atoms with Gasteiger partial charge >= 0.3 is 5.97 Å². The smallest absolute Gasteiger partial charge is 0.330 e. The summed E-state index contributed by atoms with van der Waals surface area (Å²) in [5.74, 6) is -0.396. The van der Waals surface area contributed by atoms with Crippen LogP contribution in [0.15, 0.2) is 85.1 Å². The van der Waals surface area contributed by atoms with Gasteiger partial charge in [-0.1, -0.05) is 60.7 Å². The van der Waals surface area contributed by atoms with Crippen molar-refractivity contribution in [3.8, 4) is 22.4 Å². The van der Waals surface area contributed by atoms with E-state index in [1.807, 2.05) is 47.1 Å². The topological polar surface area (TPSA) is 82.5 Å². The van der Waals surface area contributed by atoms with Crippen LogP contribution in [-0.4, -0.2) is 27.7 Å². The Morgan fingerprint density at radius 3 is 2.50 bits per heavy atom. The molecule has 1 aliphatic rings. The molecule has 0 aliphatic heterocycles. The van der Waals surface area contributed by atoms with Gasteiger partial charge in [0.2, 0.25) is 0 Å². The minimum Gasteiger partial charge on any atom is -0.466 e. The summed E-state index contributed by atoms with van der Waals surface area (Å²) in [6, 6.07) is 24.6. The molecule has 0 atom stereocenters. The minimum atomic E-state index is -0.396. The molecule has 6 heteroatoms. The number of carbonyl (C=O) groups excluding carboxylic acids is 1. The van der Waals surface area contributed by atoms with Crippen molar-refractivity contribution < 1.29 is 9.53 Å². The normalized spacial score (nSPS) is 14.8. The van der Waals surface area contributed by atoms with Crippen LogP contribution in [0, 0.1) is 0 Å². The van der Waals surface area contributed by atoms with Gasteiger partial charge in [-0.3, -0.25) is 0 Å². The average Bonchev–Trinajstić information content (AvgIpc) is 3.27. The van der Waals surface area contributed by atoms with E-state index in [1.165, 1.54) is 25.2 Å². The number of nitrogens with two attached hydrogens (primary N) is 1. The number of carbonyl (C=O) groups is 1.